The average molecular weight is 204 g/mol. The van der Waals surface area contributed by atoms with E-state index in [1.54, 1.807) is 0 Å². The molecule has 1 aliphatic rings. The Morgan fingerprint density at radius 1 is 1.47 bits per heavy atom. The van der Waals surface area contributed by atoms with E-state index in [0.29, 0.717) is 12.1 Å². The molecule has 4 nitrogen and oxygen atoms in total. The molecule has 0 aliphatic carbocycles. The quantitative estimate of drug-likeness (QED) is 0.737. The van der Waals surface area contributed by atoms with Crippen molar-refractivity contribution < 1.29 is 9.53 Å². The van der Waals surface area contributed by atoms with Crippen LogP contribution in [0.4, 0.5) is 0 Å². The number of benzene rings is 1. The summed E-state index contributed by atoms with van der Waals surface area (Å²) in [6.45, 7) is 0. The van der Waals surface area contributed by atoms with Crippen LogP contribution in [-0.2, 0) is 9.53 Å². The molecule has 1 atom stereocenters. The van der Waals surface area contributed by atoms with Crippen LogP contribution in [0.5, 0.6) is 0 Å². The average Bonchev–Trinajstić information content (AvgIpc) is 2.78. The Morgan fingerprint density at radius 3 is 2.87 bits per heavy atom. The van der Waals surface area contributed by atoms with Gasteiger partial charge in [0.05, 0.1) is 13.2 Å². The van der Waals surface area contributed by atoms with Gasteiger partial charge in [0.25, 0.3) is 0 Å². The molecule has 0 fully saturated rings. The molecular weight excluding hydrogens is 192 g/mol. The number of methoxy groups -OCH3 is 1. The summed E-state index contributed by atoms with van der Waals surface area (Å²) in [5.74, 6) is -0.360. The fourth-order valence-electron chi connectivity index (χ4n) is 1.56. The first-order chi connectivity index (χ1) is 7.31. The van der Waals surface area contributed by atoms with Gasteiger partial charge in [0, 0.05) is 6.42 Å². The van der Waals surface area contributed by atoms with E-state index in [4.69, 9.17) is 0 Å². The van der Waals surface area contributed by atoms with Gasteiger partial charge in [0.1, 0.15) is 5.71 Å². The van der Waals surface area contributed by atoms with Crippen LogP contribution in [-0.4, -0.2) is 18.8 Å². The van der Waals surface area contributed by atoms with E-state index in [9.17, 15) is 4.79 Å². The van der Waals surface area contributed by atoms with Gasteiger partial charge in [-0.3, -0.25) is 0 Å². The normalized spacial score (nSPS) is 19.3. The van der Waals surface area contributed by atoms with Crippen molar-refractivity contribution in [1.82, 2.24) is 5.43 Å². The third-order valence-corrected chi connectivity index (χ3v) is 2.38. The number of esters is 1. The molecule has 78 valence electrons. The first-order valence-corrected chi connectivity index (χ1v) is 4.76. The van der Waals surface area contributed by atoms with Gasteiger partial charge in [0.15, 0.2) is 0 Å². The van der Waals surface area contributed by atoms with Gasteiger partial charge in [-0.05, 0) is 5.56 Å². The molecule has 1 unspecified atom stereocenters. The largest absolute Gasteiger partial charge is 0.464 e. The van der Waals surface area contributed by atoms with Crippen LogP contribution in [0.15, 0.2) is 35.4 Å². The summed E-state index contributed by atoms with van der Waals surface area (Å²) in [6, 6.07) is 9.99. The van der Waals surface area contributed by atoms with E-state index < -0.39 is 0 Å². The number of hydrogen-bond donors (Lipinski definition) is 1. The number of hydrogen-bond acceptors (Lipinski definition) is 4. The van der Waals surface area contributed by atoms with E-state index in [1.807, 2.05) is 30.3 Å². The van der Waals surface area contributed by atoms with Crippen molar-refractivity contribution in [2.45, 2.75) is 12.5 Å². The third kappa shape index (κ3) is 1.98. The standard InChI is InChI=1S/C11H12N2O2/c1-15-11(14)10-7-9(12-13-10)8-5-3-2-4-6-8/h2-6,9,12H,7H2,1H3. The summed E-state index contributed by atoms with van der Waals surface area (Å²) in [4.78, 5) is 11.2. The lowest BCUT2D eigenvalue weighted by molar-refractivity contribution is -0.132. The van der Waals surface area contributed by atoms with E-state index in [0.717, 1.165) is 5.56 Å². The molecular formula is C11H12N2O2. The Bertz CT molecular complexity index is 387. The Kier molecular flexibility index (Phi) is 2.67. The molecule has 1 aliphatic heterocycles. The van der Waals surface area contributed by atoms with E-state index in [-0.39, 0.29) is 12.0 Å². The van der Waals surface area contributed by atoms with Crippen LogP contribution in [0.3, 0.4) is 0 Å². The Hall–Kier alpha value is -1.84. The maximum absolute atomic E-state index is 11.2. The van der Waals surface area contributed by atoms with Crippen LogP contribution < -0.4 is 5.43 Å². The lowest BCUT2D eigenvalue weighted by Gasteiger charge is -2.08. The van der Waals surface area contributed by atoms with Gasteiger partial charge in [-0.1, -0.05) is 30.3 Å². The zero-order chi connectivity index (χ0) is 10.7. The number of hydrazone groups is 1. The summed E-state index contributed by atoms with van der Waals surface area (Å²) in [7, 11) is 1.36. The summed E-state index contributed by atoms with van der Waals surface area (Å²) >= 11 is 0. The van der Waals surface area contributed by atoms with Crippen molar-refractivity contribution >= 4 is 11.7 Å². The van der Waals surface area contributed by atoms with E-state index in [2.05, 4.69) is 15.3 Å². The van der Waals surface area contributed by atoms with Crippen LogP contribution >= 0.6 is 0 Å². The number of carbonyl (C=O) groups excluding carboxylic acids is 1. The molecule has 0 saturated heterocycles. The lowest BCUT2D eigenvalue weighted by atomic mass is 10.0. The van der Waals surface area contributed by atoms with E-state index >= 15 is 0 Å². The Labute approximate surface area is 87.9 Å². The SMILES string of the molecule is COC(=O)C1=NNC(c2ccccc2)C1. The molecule has 0 saturated carbocycles. The number of rotatable bonds is 2. The fourth-order valence-corrected chi connectivity index (χ4v) is 1.56. The number of nitrogens with zero attached hydrogens (tertiary/aromatic N) is 1. The van der Waals surface area contributed by atoms with E-state index in [1.165, 1.54) is 7.11 Å². The summed E-state index contributed by atoms with van der Waals surface area (Å²) in [5.41, 5.74) is 4.50. The van der Waals surface area contributed by atoms with Crippen LogP contribution in [0.25, 0.3) is 0 Å². The monoisotopic (exact) mass is 204 g/mol. The predicted molar refractivity (Wildman–Crippen MR) is 56.4 cm³/mol. The van der Waals surface area contributed by atoms with Gasteiger partial charge >= 0.3 is 5.97 Å². The zero-order valence-electron chi connectivity index (χ0n) is 8.43. The molecule has 0 spiro atoms. The molecule has 0 amide bonds. The van der Waals surface area contributed by atoms with Gasteiger partial charge in [-0.15, -0.1) is 0 Å². The smallest absolute Gasteiger partial charge is 0.354 e. The topological polar surface area (TPSA) is 50.7 Å². The highest BCUT2D eigenvalue weighted by atomic mass is 16.5. The lowest BCUT2D eigenvalue weighted by Crippen LogP contribution is -2.14. The molecule has 1 N–H and O–H groups in total. The highest BCUT2D eigenvalue weighted by Crippen LogP contribution is 2.21. The van der Waals surface area contributed by atoms with Crippen LogP contribution in [0.2, 0.25) is 0 Å². The summed E-state index contributed by atoms with van der Waals surface area (Å²) in [6.07, 6.45) is 0.580. The van der Waals surface area contributed by atoms with Crippen molar-refractivity contribution in [2.75, 3.05) is 7.11 Å². The van der Waals surface area contributed by atoms with Gasteiger partial charge in [-0.2, -0.15) is 5.10 Å². The van der Waals surface area contributed by atoms with Gasteiger partial charge < -0.3 is 10.2 Å². The highest BCUT2D eigenvalue weighted by molar-refractivity contribution is 6.36. The summed E-state index contributed by atoms with van der Waals surface area (Å²) in [5, 5.41) is 3.96. The van der Waals surface area contributed by atoms with Crippen LogP contribution in [0.1, 0.15) is 18.0 Å². The van der Waals surface area contributed by atoms with Crippen molar-refractivity contribution in [2.24, 2.45) is 5.10 Å². The number of nitrogens with one attached hydrogen (secondary N) is 1. The first-order valence-electron chi connectivity index (χ1n) is 4.76. The minimum Gasteiger partial charge on any atom is -0.464 e. The van der Waals surface area contributed by atoms with Crippen molar-refractivity contribution in [3.8, 4) is 0 Å². The number of carbonyl (C=O) groups is 1. The highest BCUT2D eigenvalue weighted by Gasteiger charge is 2.24. The second-order valence-corrected chi connectivity index (χ2v) is 3.35. The van der Waals surface area contributed by atoms with Crippen LogP contribution in [0, 0.1) is 0 Å². The van der Waals surface area contributed by atoms with Crippen molar-refractivity contribution in [1.29, 1.82) is 0 Å². The molecule has 0 radical (unpaired) electrons. The molecule has 2 rings (SSSR count). The molecule has 4 heteroatoms. The summed E-state index contributed by atoms with van der Waals surface area (Å²) < 4.78 is 4.61. The first kappa shape index (κ1) is 9.71. The molecule has 15 heavy (non-hydrogen) atoms. The maximum Gasteiger partial charge on any atom is 0.354 e. The third-order valence-electron chi connectivity index (χ3n) is 2.38. The zero-order valence-corrected chi connectivity index (χ0v) is 8.43. The molecule has 1 heterocycles. The molecule has 0 aromatic heterocycles. The van der Waals surface area contributed by atoms with Crippen molar-refractivity contribution in [3.63, 3.8) is 0 Å². The second kappa shape index (κ2) is 4.13. The second-order valence-electron chi connectivity index (χ2n) is 3.35. The minimum atomic E-state index is -0.360. The van der Waals surface area contributed by atoms with Gasteiger partial charge in [-0.25, -0.2) is 4.79 Å². The van der Waals surface area contributed by atoms with Gasteiger partial charge in [0.2, 0.25) is 0 Å². The number of ether oxygens (including phenoxy) is 1. The minimum absolute atomic E-state index is 0.0836. The maximum atomic E-state index is 11.2. The Balaban J connectivity index is 2.05. The predicted octanol–water partition coefficient (Wildman–Crippen LogP) is 1.25. The molecule has 0 bridgehead atoms. The molecule has 1 aromatic carbocycles. The Morgan fingerprint density at radius 2 is 2.20 bits per heavy atom. The fraction of sp³-hybridized carbons (Fsp3) is 0.273. The molecule has 1 aromatic rings. The van der Waals surface area contributed by atoms with Crippen molar-refractivity contribution in [3.05, 3.63) is 35.9 Å².